The largest absolute Gasteiger partial charge is 0.378 e. The van der Waals surface area contributed by atoms with Crippen LogP contribution < -0.4 is 16.1 Å². The number of aromatic nitrogens is 3. The number of aryl methyl sites for hydroxylation is 1. The number of benzene rings is 1. The Morgan fingerprint density at radius 2 is 1.83 bits per heavy atom. The van der Waals surface area contributed by atoms with Gasteiger partial charge in [-0.1, -0.05) is 19.1 Å². The molecule has 0 saturated heterocycles. The van der Waals surface area contributed by atoms with Crippen molar-refractivity contribution in [3.8, 4) is 0 Å². The summed E-state index contributed by atoms with van der Waals surface area (Å²) in [5, 5.41) is 0.236. The number of H-pyrrole nitrogens is 1. The Balaban J connectivity index is 1.92. The molecule has 2 aromatic heterocycles. The summed E-state index contributed by atoms with van der Waals surface area (Å²) in [6.07, 6.45) is 2.16. The van der Waals surface area contributed by atoms with Crippen LogP contribution in [-0.2, 0) is 13.1 Å². The summed E-state index contributed by atoms with van der Waals surface area (Å²) < 4.78 is 1.43. The second kappa shape index (κ2) is 8.94. The van der Waals surface area contributed by atoms with Crippen LogP contribution in [0.1, 0.15) is 36.2 Å². The summed E-state index contributed by atoms with van der Waals surface area (Å²) in [4.78, 5) is 47.8. The maximum absolute atomic E-state index is 13.1. The van der Waals surface area contributed by atoms with Gasteiger partial charge in [0.2, 0.25) is 0 Å². The second-order valence-corrected chi connectivity index (χ2v) is 7.39. The third-order valence-electron chi connectivity index (χ3n) is 5.02. The summed E-state index contributed by atoms with van der Waals surface area (Å²) in [7, 11) is 3.96. The minimum absolute atomic E-state index is 0.212. The van der Waals surface area contributed by atoms with E-state index in [0.717, 1.165) is 17.7 Å². The first kappa shape index (κ1) is 21.3. The van der Waals surface area contributed by atoms with E-state index in [1.165, 1.54) is 16.8 Å². The molecule has 158 valence electrons. The number of aromatic amines is 1. The number of amides is 1. The molecule has 0 aliphatic carbocycles. The number of nitrogens with zero attached hydrogens (tertiary/aromatic N) is 4. The van der Waals surface area contributed by atoms with Crippen LogP contribution in [0.3, 0.4) is 0 Å². The number of carbonyl (C=O) groups is 1. The highest BCUT2D eigenvalue weighted by Gasteiger charge is 2.18. The minimum Gasteiger partial charge on any atom is -0.378 e. The van der Waals surface area contributed by atoms with Gasteiger partial charge in [0.15, 0.2) is 0 Å². The molecular formula is C22H27N5O3. The third kappa shape index (κ3) is 4.27. The molecule has 1 amide bonds. The lowest BCUT2D eigenvalue weighted by Gasteiger charge is -2.22. The zero-order valence-electron chi connectivity index (χ0n) is 17.8. The number of pyridine rings is 1. The quantitative estimate of drug-likeness (QED) is 0.646. The van der Waals surface area contributed by atoms with E-state index in [9.17, 15) is 14.4 Å². The average molecular weight is 409 g/mol. The van der Waals surface area contributed by atoms with Crippen molar-refractivity contribution in [1.82, 2.24) is 19.4 Å². The maximum Gasteiger partial charge on any atom is 0.329 e. The van der Waals surface area contributed by atoms with Gasteiger partial charge in [0.25, 0.3) is 11.5 Å². The topological polar surface area (TPSA) is 91.3 Å². The first-order chi connectivity index (χ1) is 14.3. The number of anilines is 1. The molecule has 0 unspecified atom stereocenters. The molecular weight excluding hydrogens is 382 g/mol. The fraction of sp³-hybridized carbons (Fsp3) is 0.364. The molecule has 0 aliphatic heterocycles. The summed E-state index contributed by atoms with van der Waals surface area (Å²) in [5.74, 6) is -0.212. The SMILES string of the molecule is CCCn1c(=O)[nH]c(=O)c2cc(C(=O)N(CC)Cc3ccc(N(C)C)cc3)cnc21. The molecule has 30 heavy (non-hydrogen) atoms. The highest BCUT2D eigenvalue weighted by molar-refractivity contribution is 5.96. The van der Waals surface area contributed by atoms with Gasteiger partial charge in [-0.05, 0) is 37.1 Å². The summed E-state index contributed by atoms with van der Waals surface area (Å²) in [6, 6.07) is 9.54. The fourth-order valence-corrected chi connectivity index (χ4v) is 3.35. The second-order valence-electron chi connectivity index (χ2n) is 7.39. The van der Waals surface area contributed by atoms with E-state index in [-0.39, 0.29) is 11.3 Å². The lowest BCUT2D eigenvalue weighted by Crippen LogP contribution is -2.32. The number of fused-ring (bicyclic) bond motifs is 1. The van der Waals surface area contributed by atoms with Crippen molar-refractivity contribution in [3.63, 3.8) is 0 Å². The standard InChI is InChI=1S/C22H27N5O3/c1-5-11-27-19-18(20(28)24-22(27)30)12-16(13-23-19)21(29)26(6-2)14-15-7-9-17(10-8-15)25(3)4/h7-10,12-13H,5-6,11,14H2,1-4H3,(H,24,28,30). The lowest BCUT2D eigenvalue weighted by molar-refractivity contribution is 0.0752. The normalized spacial score (nSPS) is 10.9. The van der Waals surface area contributed by atoms with Crippen molar-refractivity contribution in [3.05, 3.63) is 68.5 Å². The van der Waals surface area contributed by atoms with Crippen LogP contribution in [0.5, 0.6) is 0 Å². The van der Waals surface area contributed by atoms with E-state index in [1.54, 1.807) is 4.90 Å². The molecule has 0 atom stereocenters. The Kier molecular flexibility index (Phi) is 6.34. The van der Waals surface area contributed by atoms with Crippen LogP contribution in [-0.4, -0.2) is 46.0 Å². The van der Waals surface area contributed by atoms with Gasteiger partial charge in [-0.25, -0.2) is 9.78 Å². The Morgan fingerprint density at radius 3 is 2.43 bits per heavy atom. The zero-order valence-corrected chi connectivity index (χ0v) is 17.8. The predicted octanol–water partition coefficient (Wildman–Crippen LogP) is 2.22. The van der Waals surface area contributed by atoms with Crippen molar-refractivity contribution in [2.24, 2.45) is 0 Å². The van der Waals surface area contributed by atoms with Gasteiger partial charge < -0.3 is 9.80 Å². The molecule has 1 N–H and O–H groups in total. The van der Waals surface area contributed by atoms with Crippen LogP contribution in [0, 0.1) is 0 Å². The first-order valence-electron chi connectivity index (χ1n) is 10.0. The molecule has 3 rings (SSSR count). The van der Waals surface area contributed by atoms with Crippen molar-refractivity contribution in [2.45, 2.75) is 33.4 Å². The molecule has 1 aromatic carbocycles. The number of nitrogens with one attached hydrogen (secondary N) is 1. The van der Waals surface area contributed by atoms with Gasteiger partial charge in [-0.3, -0.25) is 19.1 Å². The van der Waals surface area contributed by atoms with Crippen LogP contribution in [0.4, 0.5) is 5.69 Å². The number of hydrogen-bond acceptors (Lipinski definition) is 5. The van der Waals surface area contributed by atoms with E-state index < -0.39 is 11.2 Å². The molecule has 8 nitrogen and oxygen atoms in total. The zero-order chi connectivity index (χ0) is 21.8. The van der Waals surface area contributed by atoms with Crippen LogP contribution in [0.2, 0.25) is 0 Å². The van der Waals surface area contributed by atoms with E-state index in [0.29, 0.717) is 30.8 Å². The molecule has 8 heteroatoms. The molecule has 0 aliphatic rings. The molecule has 2 heterocycles. The van der Waals surface area contributed by atoms with Crippen molar-refractivity contribution >= 4 is 22.6 Å². The Hall–Kier alpha value is -3.42. The van der Waals surface area contributed by atoms with Crippen LogP contribution in [0.25, 0.3) is 11.0 Å². The van der Waals surface area contributed by atoms with E-state index >= 15 is 0 Å². The number of rotatable bonds is 7. The van der Waals surface area contributed by atoms with E-state index in [2.05, 4.69) is 9.97 Å². The smallest absolute Gasteiger partial charge is 0.329 e. The Labute approximate surface area is 174 Å². The minimum atomic E-state index is -0.535. The van der Waals surface area contributed by atoms with Crippen molar-refractivity contribution < 1.29 is 4.79 Å². The summed E-state index contributed by atoms with van der Waals surface area (Å²) in [6.45, 7) is 5.25. The highest BCUT2D eigenvalue weighted by Crippen LogP contribution is 2.16. The van der Waals surface area contributed by atoms with Crippen molar-refractivity contribution in [2.75, 3.05) is 25.5 Å². The average Bonchev–Trinajstić information content (AvgIpc) is 2.74. The molecule has 0 radical (unpaired) electrons. The first-order valence-corrected chi connectivity index (χ1v) is 10.0. The van der Waals surface area contributed by atoms with Gasteiger partial charge in [0.05, 0.1) is 10.9 Å². The van der Waals surface area contributed by atoms with Gasteiger partial charge in [-0.15, -0.1) is 0 Å². The molecule has 0 saturated carbocycles. The van der Waals surface area contributed by atoms with Crippen LogP contribution in [0.15, 0.2) is 46.1 Å². The van der Waals surface area contributed by atoms with Crippen LogP contribution >= 0.6 is 0 Å². The highest BCUT2D eigenvalue weighted by atomic mass is 16.2. The lowest BCUT2D eigenvalue weighted by atomic mass is 10.1. The monoisotopic (exact) mass is 409 g/mol. The Bertz CT molecular complexity index is 1160. The van der Waals surface area contributed by atoms with Gasteiger partial charge in [0, 0.05) is 45.6 Å². The fourth-order valence-electron chi connectivity index (χ4n) is 3.35. The summed E-state index contributed by atoms with van der Waals surface area (Å²) >= 11 is 0. The third-order valence-corrected chi connectivity index (χ3v) is 5.02. The van der Waals surface area contributed by atoms with E-state index in [4.69, 9.17) is 0 Å². The molecule has 0 bridgehead atoms. The van der Waals surface area contributed by atoms with Crippen molar-refractivity contribution in [1.29, 1.82) is 0 Å². The summed E-state index contributed by atoms with van der Waals surface area (Å²) in [5.41, 5.74) is 1.69. The molecule has 0 fully saturated rings. The van der Waals surface area contributed by atoms with Gasteiger partial charge in [0.1, 0.15) is 5.65 Å². The van der Waals surface area contributed by atoms with E-state index in [1.807, 2.05) is 57.1 Å². The Morgan fingerprint density at radius 1 is 1.13 bits per heavy atom. The maximum atomic E-state index is 13.1. The number of hydrogen-bond donors (Lipinski definition) is 1. The molecule has 0 spiro atoms. The van der Waals surface area contributed by atoms with Gasteiger partial charge >= 0.3 is 5.69 Å². The molecule has 3 aromatic rings. The van der Waals surface area contributed by atoms with Gasteiger partial charge in [-0.2, -0.15) is 0 Å². The predicted molar refractivity (Wildman–Crippen MR) is 118 cm³/mol. The number of carbonyl (C=O) groups excluding carboxylic acids is 1.